The van der Waals surface area contributed by atoms with E-state index < -0.39 is 15.3 Å². The topological polar surface area (TPSA) is 46.6 Å². The highest BCUT2D eigenvalue weighted by atomic mass is 79.9. The maximum absolute atomic E-state index is 12.0. The van der Waals surface area contributed by atoms with Gasteiger partial charge in [-0.15, -0.1) is 0 Å². The van der Waals surface area contributed by atoms with Gasteiger partial charge in [-0.1, -0.05) is 15.9 Å². The van der Waals surface area contributed by atoms with Crippen molar-refractivity contribution in [2.45, 2.75) is 25.6 Å². The predicted molar refractivity (Wildman–Crippen MR) is 76.2 cm³/mol. The highest BCUT2D eigenvalue weighted by Crippen LogP contribution is 2.25. The highest BCUT2D eigenvalue weighted by Gasteiger charge is 2.23. The van der Waals surface area contributed by atoms with E-state index >= 15 is 0 Å². The van der Waals surface area contributed by atoms with Gasteiger partial charge in [0.15, 0.2) is 0 Å². The summed E-state index contributed by atoms with van der Waals surface area (Å²) < 4.78 is 31.5. The molecule has 0 unspecified atom stereocenters. The number of methoxy groups -OCH3 is 1. The molecule has 0 saturated carbocycles. The second kappa shape index (κ2) is 6.04. The zero-order chi connectivity index (χ0) is 13.9. The summed E-state index contributed by atoms with van der Waals surface area (Å²) in [6, 6.07) is 5.54. The molecule has 0 aliphatic carbocycles. The van der Waals surface area contributed by atoms with E-state index in [0.717, 1.165) is 10.0 Å². The number of hydrogen-bond donors (Lipinski definition) is 0. The zero-order valence-corrected chi connectivity index (χ0v) is 13.4. The van der Waals surface area contributed by atoms with Crippen LogP contribution in [-0.4, -0.2) is 32.1 Å². The van der Waals surface area contributed by atoms with Crippen molar-refractivity contribution in [1.29, 1.82) is 0 Å². The van der Waals surface area contributed by atoms with Crippen LogP contribution < -0.4 is 4.74 Å². The van der Waals surface area contributed by atoms with Crippen molar-refractivity contribution < 1.29 is 13.2 Å². The number of ether oxygens (including phenoxy) is 1. The Morgan fingerprint density at radius 3 is 2.50 bits per heavy atom. The summed E-state index contributed by atoms with van der Waals surface area (Å²) in [5.41, 5.74) is 0.832. The van der Waals surface area contributed by atoms with Crippen LogP contribution in [0, 0.1) is 0 Å². The third-order valence-electron chi connectivity index (χ3n) is 2.67. The third kappa shape index (κ3) is 3.46. The first kappa shape index (κ1) is 15.5. The zero-order valence-electron chi connectivity index (χ0n) is 11.0. The maximum atomic E-state index is 12.0. The van der Waals surface area contributed by atoms with Crippen molar-refractivity contribution in [3.63, 3.8) is 0 Å². The Morgan fingerprint density at radius 2 is 2.00 bits per heavy atom. The summed E-state index contributed by atoms with van der Waals surface area (Å²) >= 11 is 3.37. The first-order valence-electron chi connectivity index (χ1n) is 5.56. The molecule has 1 aromatic carbocycles. The molecule has 4 nitrogen and oxygen atoms in total. The molecule has 102 valence electrons. The molecule has 0 spiro atoms. The predicted octanol–water partition coefficient (Wildman–Crippen LogP) is 2.63. The van der Waals surface area contributed by atoms with Crippen LogP contribution in [0.3, 0.4) is 0 Å². The molecule has 0 N–H and O–H groups in total. The van der Waals surface area contributed by atoms with E-state index in [9.17, 15) is 8.42 Å². The summed E-state index contributed by atoms with van der Waals surface area (Å²) in [5, 5.41) is -0.430. The van der Waals surface area contributed by atoms with Crippen LogP contribution in [0.15, 0.2) is 22.7 Å². The summed E-state index contributed by atoms with van der Waals surface area (Å²) in [6.07, 6.45) is 0. The molecule has 0 heterocycles. The van der Waals surface area contributed by atoms with E-state index in [1.165, 1.54) is 4.31 Å². The fourth-order valence-electron chi connectivity index (χ4n) is 1.56. The average Bonchev–Trinajstić information content (AvgIpc) is 2.29. The second-order valence-electron chi connectivity index (χ2n) is 4.31. The SMILES string of the molecule is COc1ccc(Br)cc1CN(C)S(=O)(=O)C(C)C. The van der Waals surface area contributed by atoms with Crippen LogP contribution in [0.25, 0.3) is 0 Å². The van der Waals surface area contributed by atoms with Crippen LogP contribution in [0.5, 0.6) is 5.75 Å². The molecule has 0 aromatic heterocycles. The van der Waals surface area contributed by atoms with E-state index in [1.54, 1.807) is 28.0 Å². The van der Waals surface area contributed by atoms with Gasteiger partial charge in [0.25, 0.3) is 0 Å². The number of benzene rings is 1. The average molecular weight is 336 g/mol. The molecular weight excluding hydrogens is 318 g/mol. The van der Waals surface area contributed by atoms with Gasteiger partial charge in [0.1, 0.15) is 5.75 Å². The van der Waals surface area contributed by atoms with Crippen LogP contribution in [-0.2, 0) is 16.6 Å². The summed E-state index contributed by atoms with van der Waals surface area (Å²) in [7, 11) is -0.0983. The molecular formula is C12H18BrNO3S. The van der Waals surface area contributed by atoms with Gasteiger partial charge in [-0.25, -0.2) is 12.7 Å². The number of rotatable bonds is 5. The van der Waals surface area contributed by atoms with Crippen LogP contribution in [0.1, 0.15) is 19.4 Å². The van der Waals surface area contributed by atoms with Gasteiger partial charge in [0.2, 0.25) is 10.0 Å². The van der Waals surface area contributed by atoms with Gasteiger partial charge in [-0.05, 0) is 32.0 Å². The lowest BCUT2D eigenvalue weighted by Crippen LogP contribution is -2.32. The molecule has 0 aliphatic heterocycles. The summed E-state index contributed by atoms with van der Waals surface area (Å²) in [6.45, 7) is 3.64. The first-order valence-corrected chi connectivity index (χ1v) is 7.86. The van der Waals surface area contributed by atoms with Gasteiger partial charge in [-0.2, -0.15) is 0 Å². The lowest BCUT2D eigenvalue weighted by molar-refractivity contribution is 0.397. The quantitative estimate of drug-likeness (QED) is 0.830. The Kier molecular flexibility index (Phi) is 5.19. The van der Waals surface area contributed by atoms with Crippen LogP contribution in [0.2, 0.25) is 0 Å². The van der Waals surface area contributed by atoms with Crippen molar-refractivity contribution in [3.8, 4) is 5.75 Å². The number of sulfonamides is 1. The van der Waals surface area contributed by atoms with Crippen LogP contribution >= 0.6 is 15.9 Å². The minimum Gasteiger partial charge on any atom is -0.496 e. The number of nitrogens with zero attached hydrogens (tertiary/aromatic N) is 1. The van der Waals surface area contributed by atoms with Gasteiger partial charge < -0.3 is 4.74 Å². The van der Waals surface area contributed by atoms with Crippen molar-refractivity contribution >= 4 is 26.0 Å². The van der Waals surface area contributed by atoms with Gasteiger partial charge >= 0.3 is 0 Å². The lowest BCUT2D eigenvalue weighted by Gasteiger charge is -2.21. The van der Waals surface area contributed by atoms with E-state index in [2.05, 4.69) is 15.9 Å². The van der Waals surface area contributed by atoms with E-state index in [-0.39, 0.29) is 0 Å². The van der Waals surface area contributed by atoms with Gasteiger partial charge in [0.05, 0.1) is 12.4 Å². The Balaban J connectivity index is 3.01. The molecule has 0 bridgehead atoms. The van der Waals surface area contributed by atoms with Crippen molar-refractivity contribution in [1.82, 2.24) is 4.31 Å². The monoisotopic (exact) mass is 335 g/mol. The highest BCUT2D eigenvalue weighted by molar-refractivity contribution is 9.10. The van der Waals surface area contributed by atoms with E-state index in [4.69, 9.17) is 4.74 Å². The fourth-order valence-corrected chi connectivity index (χ4v) is 3.01. The molecule has 0 radical (unpaired) electrons. The lowest BCUT2D eigenvalue weighted by atomic mass is 10.2. The second-order valence-corrected chi connectivity index (χ2v) is 7.82. The summed E-state index contributed by atoms with van der Waals surface area (Å²) in [5.74, 6) is 0.684. The Labute approximate surface area is 117 Å². The molecule has 6 heteroatoms. The Morgan fingerprint density at radius 1 is 1.39 bits per heavy atom. The maximum Gasteiger partial charge on any atom is 0.216 e. The van der Waals surface area contributed by atoms with Crippen molar-refractivity contribution in [2.24, 2.45) is 0 Å². The molecule has 1 rings (SSSR count). The molecule has 1 aromatic rings. The molecule has 0 fully saturated rings. The van der Waals surface area contributed by atoms with Gasteiger partial charge in [0, 0.05) is 23.6 Å². The minimum atomic E-state index is -3.25. The van der Waals surface area contributed by atoms with Crippen molar-refractivity contribution in [2.75, 3.05) is 14.2 Å². The number of halogens is 1. The smallest absolute Gasteiger partial charge is 0.216 e. The van der Waals surface area contributed by atoms with Crippen LogP contribution in [0.4, 0.5) is 0 Å². The molecule has 0 aliphatic rings. The Hall–Kier alpha value is -0.590. The third-order valence-corrected chi connectivity index (χ3v) is 5.35. The first-order chi connectivity index (χ1) is 8.28. The normalized spacial score (nSPS) is 12.2. The standard InChI is InChI=1S/C12H18BrNO3S/c1-9(2)18(15,16)14(3)8-10-7-11(13)5-6-12(10)17-4/h5-7,9H,8H2,1-4H3. The summed E-state index contributed by atoms with van der Waals surface area (Å²) in [4.78, 5) is 0. The molecule has 0 atom stereocenters. The molecule has 0 amide bonds. The minimum absolute atomic E-state index is 0.295. The molecule has 18 heavy (non-hydrogen) atoms. The van der Waals surface area contributed by atoms with E-state index in [0.29, 0.717) is 12.3 Å². The molecule has 0 saturated heterocycles. The largest absolute Gasteiger partial charge is 0.496 e. The van der Waals surface area contributed by atoms with Gasteiger partial charge in [-0.3, -0.25) is 0 Å². The Bertz CT molecular complexity index is 514. The number of hydrogen-bond acceptors (Lipinski definition) is 3. The van der Waals surface area contributed by atoms with Crippen molar-refractivity contribution in [3.05, 3.63) is 28.2 Å². The van der Waals surface area contributed by atoms with E-state index in [1.807, 2.05) is 18.2 Å². The fraction of sp³-hybridized carbons (Fsp3) is 0.500.